The fraction of sp³-hybridized carbons (Fsp3) is 0.321. The molecule has 0 aliphatic rings. The van der Waals surface area contributed by atoms with Gasteiger partial charge in [0.15, 0.2) is 0 Å². The molecule has 1 unspecified atom stereocenters. The van der Waals surface area contributed by atoms with Crippen molar-refractivity contribution in [3.05, 3.63) is 82.9 Å². The Bertz CT molecular complexity index is 1340. The number of nitrogens with one attached hydrogen (secondary N) is 1. The average molecular weight is 544 g/mol. The second-order valence-electron chi connectivity index (χ2n) is 9.42. The molecule has 0 bridgehead atoms. The second-order valence-corrected chi connectivity index (χ2v) is 11.5. The maximum absolute atomic E-state index is 13.7. The van der Waals surface area contributed by atoms with Crippen molar-refractivity contribution in [3.63, 3.8) is 0 Å². The Hall–Kier alpha value is -3.23. The lowest BCUT2D eigenvalue weighted by atomic mass is 10.0. The minimum absolute atomic E-state index is 0.0987. The normalized spacial score (nSPS) is 12.2. The molecule has 3 aromatic rings. The standard InChI is InChI=1S/C28H34ClN3O4S/c1-19(2)20(3)32(28(33)25-9-7-8-10-26(25)29)18-21-17-22(11-16-27(21)31(4)5)30-37(34,35)24-14-12-23(36-6)13-15-24/h7-17,19-20,30H,18H2,1-6H3. The van der Waals surface area contributed by atoms with Crippen molar-refractivity contribution in [2.45, 2.75) is 38.3 Å². The number of hydrogen-bond acceptors (Lipinski definition) is 5. The first-order valence-corrected chi connectivity index (χ1v) is 13.8. The quantitative estimate of drug-likeness (QED) is 0.344. The fourth-order valence-corrected chi connectivity index (χ4v) is 5.18. The summed E-state index contributed by atoms with van der Waals surface area (Å²) in [6, 6.07) is 18.4. The average Bonchev–Trinajstić information content (AvgIpc) is 2.86. The predicted molar refractivity (Wildman–Crippen MR) is 150 cm³/mol. The molecule has 0 spiro atoms. The molecule has 7 nitrogen and oxygen atoms in total. The molecular weight excluding hydrogens is 510 g/mol. The highest BCUT2D eigenvalue weighted by Crippen LogP contribution is 2.29. The number of rotatable bonds is 10. The number of sulfonamides is 1. The third kappa shape index (κ3) is 6.76. The van der Waals surface area contributed by atoms with Gasteiger partial charge in [0, 0.05) is 38.1 Å². The van der Waals surface area contributed by atoms with Crippen molar-refractivity contribution in [2.75, 3.05) is 30.8 Å². The molecule has 0 aliphatic heterocycles. The van der Waals surface area contributed by atoms with Gasteiger partial charge in [-0.05, 0) is 73.0 Å². The van der Waals surface area contributed by atoms with Crippen LogP contribution in [0.1, 0.15) is 36.7 Å². The van der Waals surface area contributed by atoms with E-state index in [-0.39, 0.29) is 29.3 Å². The van der Waals surface area contributed by atoms with E-state index in [0.717, 1.165) is 11.3 Å². The van der Waals surface area contributed by atoms with Gasteiger partial charge in [-0.25, -0.2) is 8.42 Å². The smallest absolute Gasteiger partial charge is 0.261 e. The summed E-state index contributed by atoms with van der Waals surface area (Å²) in [4.78, 5) is 17.5. The molecule has 0 heterocycles. The number of ether oxygens (including phenoxy) is 1. The Kier molecular flexibility index (Phi) is 9.10. The number of hydrogen-bond donors (Lipinski definition) is 1. The molecule has 0 radical (unpaired) electrons. The molecule has 0 saturated carbocycles. The third-order valence-electron chi connectivity index (χ3n) is 6.35. The molecule has 198 valence electrons. The maximum atomic E-state index is 13.7. The van der Waals surface area contributed by atoms with E-state index in [1.54, 1.807) is 53.4 Å². The van der Waals surface area contributed by atoms with Crippen LogP contribution in [0.15, 0.2) is 71.6 Å². The van der Waals surface area contributed by atoms with Crippen LogP contribution >= 0.6 is 11.6 Å². The van der Waals surface area contributed by atoms with Gasteiger partial charge < -0.3 is 14.5 Å². The number of carbonyl (C=O) groups excluding carboxylic acids is 1. The lowest BCUT2D eigenvalue weighted by Crippen LogP contribution is -2.41. The minimum Gasteiger partial charge on any atom is -0.497 e. The molecule has 0 fully saturated rings. The van der Waals surface area contributed by atoms with Crippen LogP contribution in [0.3, 0.4) is 0 Å². The van der Waals surface area contributed by atoms with Gasteiger partial charge in [0.2, 0.25) is 0 Å². The number of amides is 1. The Labute approximate surface area is 225 Å². The molecule has 3 rings (SSSR count). The van der Waals surface area contributed by atoms with Crippen LogP contribution in [-0.4, -0.2) is 46.5 Å². The highest BCUT2D eigenvalue weighted by atomic mass is 35.5. The summed E-state index contributed by atoms with van der Waals surface area (Å²) < 4.78 is 33.9. The van der Waals surface area contributed by atoms with Gasteiger partial charge in [-0.2, -0.15) is 0 Å². The van der Waals surface area contributed by atoms with Crippen molar-refractivity contribution in [3.8, 4) is 5.75 Å². The number of nitrogens with zero attached hydrogens (tertiary/aromatic N) is 2. The van der Waals surface area contributed by atoms with Crippen LogP contribution in [0.5, 0.6) is 5.75 Å². The third-order valence-corrected chi connectivity index (χ3v) is 8.07. The van der Waals surface area contributed by atoms with E-state index in [2.05, 4.69) is 18.6 Å². The molecule has 9 heteroatoms. The van der Waals surface area contributed by atoms with Crippen molar-refractivity contribution >= 4 is 38.9 Å². The van der Waals surface area contributed by atoms with Gasteiger partial charge in [-0.1, -0.05) is 37.6 Å². The van der Waals surface area contributed by atoms with E-state index in [4.69, 9.17) is 16.3 Å². The number of anilines is 2. The van der Waals surface area contributed by atoms with Gasteiger partial charge in [-0.15, -0.1) is 0 Å². The Balaban J connectivity index is 1.99. The van der Waals surface area contributed by atoms with Gasteiger partial charge >= 0.3 is 0 Å². The topological polar surface area (TPSA) is 79.0 Å². The number of halogens is 1. The monoisotopic (exact) mass is 543 g/mol. The predicted octanol–water partition coefficient (Wildman–Crippen LogP) is 5.90. The highest BCUT2D eigenvalue weighted by Gasteiger charge is 2.27. The zero-order valence-electron chi connectivity index (χ0n) is 22.0. The van der Waals surface area contributed by atoms with E-state index in [1.165, 1.54) is 19.2 Å². The fourth-order valence-electron chi connectivity index (χ4n) is 3.91. The van der Waals surface area contributed by atoms with E-state index >= 15 is 0 Å². The molecule has 3 aromatic carbocycles. The first kappa shape index (κ1) is 28.3. The SMILES string of the molecule is COc1ccc(S(=O)(=O)Nc2ccc(N(C)C)c(CN(C(=O)c3ccccc3Cl)C(C)C(C)C)c2)cc1. The highest BCUT2D eigenvalue weighted by molar-refractivity contribution is 7.92. The van der Waals surface area contributed by atoms with Crippen LogP contribution < -0.4 is 14.4 Å². The first-order chi connectivity index (χ1) is 17.4. The summed E-state index contributed by atoms with van der Waals surface area (Å²) in [5.74, 6) is 0.575. The van der Waals surface area contributed by atoms with E-state index in [1.807, 2.05) is 32.0 Å². The zero-order chi connectivity index (χ0) is 27.3. The summed E-state index contributed by atoms with van der Waals surface area (Å²) in [5.41, 5.74) is 2.51. The minimum atomic E-state index is -3.83. The molecular formula is C28H34ClN3O4S. The number of carbonyl (C=O) groups is 1. The summed E-state index contributed by atoms with van der Waals surface area (Å²) in [6.45, 7) is 6.40. The molecule has 0 saturated heterocycles. The molecule has 0 aliphatic carbocycles. The van der Waals surface area contributed by atoms with E-state index < -0.39 is 10.0 Å². The Morgan fingerprint density at radius 1 is 1.00 bits per heavy atom. The van der Waals surface area contributed by atoms with Crippen LogP contribution in [0, 0.1) is 5.92 Å². The van der Waals surface area contributed by atoms with Crippen molar-refractivity contribution in [2.24, 2.45) is 5.92 Å². The number of methoxy groups -OCH3 is 1. The van der Waals surface area contributed by atoms with Gasteiger partial charge in [0.25, 0.3) is 15.9 Å². The lowest BCUT2D eigenvalue weighted by molar-refractivity contribution is 0.0628. The van der Waals surface area contributed by atoms with E-state index in [9.17, 15) is 13.2 Å². The summed E-state index contributed by atoms with van der Waals surface area (Å²) in [5, 5.41) is 0.391. The van der Waals surface area contributed by atoms with Crippen LogP contribution in [-0.2, 0) is 16.6 Å². The summed E-state index contributed by atoms with van der Waals surface area (Å²) >= 11 is 6.37. The summed E-state index contributed by atoms with van der Waals surface area (Å²) in [6.07, 6.45) is 0. The Morgan fingerprint density at radius 3 is 2.22 bits per heavy atom. The van der Waals surface area contributed by atoms with Crippen LogP contribution in [0.25, 0.3) is 0 Å². The molecule has 37 heavy (non-hydrogen) atoms. The van der Waals surface area contributed by atoms with Crippen molar-refractivity contribution in [1.29, 1.82) is 0 Å². The van der Waals surface area contributed by atoms with Gasteiger partial charge in [0.05, 0.1) is 22.6 Å². The zero-order valence-corrected chi connectivity index (χ0v) is 23.6. The van der Waals surface area contributed by atoms with E-state index in [0.29, 0.717) is 22.0 Å². The van der Waals surface area contributed by atoms with Crippen LogP contribution in [0.4, 0.5) is 11.4 Å². The Morgan fingerprint density at radius 2 is 1.65 bits per heavy atom. The molecule has 1 atom stereocenters. The summed E-state index contributed by atoms with van der Waals surface area (Å²) in [7, 11) is 1.51. The van der Waals surface area contributed by atoms with Crippen molar-refractivity contribution in [1.82, 2.24) is 4.90 Å². The molecule has 1 amide bonds. The maximum Gasteiger partial charge on any atom is 0.261 e. The second kappa shape index (κ2) is 11.9. The molecule has 1 N–H and O–H groups in total. The van der Waals surface area contributed by atoms with Gasteiger partial charge in [0.1, 0.15) is 5.75 Å². The largest absolute Gasteiger partial charge is 0.497 e. The molecule has 0 aromatic heterocycles. The lowest BCUT2D eigenvalue weighted by Gasteiger charge is -2.33. The van der Waals surface area contributed by atoms with Crippen LogP contribution in [0.2, 0.25) is 5.02 Å². The van der Waals surface area contributed by atoms with Gasteiger partial charge in [-0.3, -0.25) is 9.52 Å². The first-order valence-electron chi connectivity index (χ1n) is 12.0. The van der Waals surface area contributed by atoms with Crippen molar-refractivity contribution < 1.29 is 17.9 Å². The number of benzene rings is 3.